The van der Waals surface area contributed by atoms with Gasteiger partial charge in [0.2, 0.25) is 0 Å². The maximum Gasteiger partial charge on any atom is 0.0810 e. The van der Waals surface area contributed by atoms with Crippen LogP contribution in [-0.2, 0) is 4.74 Å². The molecule has 15 heavy (non-hydrogen) atoms. The lowest BCUT2D eigenvalue weighted by molar-refractivity contribution is -0.00657. The fourth-order valence-corrected chi connectivity index (χ4v) is 1.26. The third kappa shape index (κ3) is 9.66. The van der Waals surface area contributed by atoms with Crippen molar-refractivity contribution in [1.82, 2.24) is 0 Å². The van der Waals surface area contributed by atoms with Gasteiger partial charge in [-0.15, -0.1) is 13.2 Å². The van der Waals surface area contributed by atoms with Crippen LogP contribution in [0, 0.1) is 0 Å². The Labute approximate surface area is 92.1 Å². The first-order valence-corrected chi connectivity index (χ1v) is 5.14. The molecule has 0 aliphatic carbocycles. The predicted octanol–water partition coefficient (Wildman–Crippen LogP) is 1.66. The number of ether oxygens (including phenoxy) is 1. The molecule has 2 atom stereocenters. The lowest BCUT2D eigenvalue weighted by Crippen LogP contribution is -2.21. The van der Waals surface area contributed by atoms with Gasteiger partial charge in [0.05, 0.1) is 25.4 Å². The molecule has 0 heterocycles. The maximum absolute atomic E-state index is 9.43. The van der Waals surface area contributed by atoms with Gasteiger partial charge in [-0.25, -0.2) is 0 Å². The predicted molar refractivity (Wildman–Crippen MR) is 61.7 cm³/mol. The topological polar surface area (TPSA) is 49.7 Å². The van der Waals surface area contributed by atoms with E-state index in [1.165, 1.54) is 0 Å². The van der Waals surface area contributed by atoms with Gasteiger partial charge in [-0.05, 0) is 26.7 Å². The van der Waals surface area contributed by atoms with E-state index < -0.39 is 12.2 Å². The van der Waals surface area contributed by atoms with Gasteiger partial charge in [0.15, 0.2) is 0 Å². The van der Waals surface area contributed by atoms with E-state index in [1.807, 2.05) is 13.8 Å². The Morgan fingerprint density at radius 3 is 1.60 bits per heavy atom. The number of aliphatic hydroxyl groups excluding tert-OH is 2. The molecule has 0 fully saturated rings. The first kappa shape index (κ1) is 14.4. The lowest BCUT2D eigenvalue weighted by Gasteiger charge is -2.14. The minimum atomic E-state index is -0.528. The Bertz CT molecular complexity index is 189. The SMILES string of the molecule is C=C(C)CC(O)COCC(O)CC(=C)C. The van der Waals surface area contributed by atoms with Crippen molar-refractivity contribution < 1.29 is 14.9 Å². The molecule has 0 spiro atoms. The summed E-state index contributed by atoms with van der Waals surface area (Å²) in [4.78, 5) is 0. The summed E-state index contributed by atoms with van der Waals surface area (Å²) in [5.74, 6) is 0. The van der Waals surface area contributed by atoms with Gasteiger partial charge in [-0.1, -0.05) is 11.1 Å². The van der Waals surface area contributed by atoms with E-state index in [9.17, 15) is 10.2 Å². The number of aliphatic hydroxyl groups is 2. The highest BCUT2D eigenvalue weighted by Crippen LogP contribution is 2.04. The van der Waals surface area contributed by atoms with Crippen molar-refractivity contribution in [1.29, 1.82) is 0 Å². The first-order valence-electron chi connectivity index (χ1n) is 5.14. The molecule has 0 aliphatic rings. The van der Waals surface area contributed by atoms with E-state index in [-0.39, 0.29) is 13.2 Å². The quantitative estimate of drug-likeness (QED) is 0.604. The van der Waals surface area contributed by atoms with Gasteiger partial charge in [-0.2, -0.15) is 0 Å². The van der Waals surface area contributed by atoms with Crippen LogP contribution in [-0.4, -0.2) is 35.6 Å². The van der Waals surface area contributed by atoms with Gasteiger partial charge in [0.1, 0.15) is 0 Å². The van der Waals surface area contributed by atoms with E-state index in [2.05, 4.69) is 13.2 Å². The van der Waals surface area contributed by atoms with Crippen LogP contribution in [0.2, 0.25) is 0 Å². The van der Waals surface area contributed by atoms with Crippen LogP contribution < -0.4 is 0 Å². The zero-order valence-electron chi connectivity index (χ0n) is 9.70. The summed E-state index contributed by atoms with van der Waals surface area (Å²) < 4.78 is 5.18. The van der Waals surface area contributed by atoms with Crippen LogP contribution in [0.25, 0.3) is 0 Å². The number of hydrogen-bond acceptors (Lipinski definition) is 3. The van der Waals surface area contributed by atoms with Crippen LogP contribution >= 0.6 is 0 Å². The summed E-state index contributed by atoms with van der Waals surface area (Å²) in [6, 6.07) is 0. The summed E-state index contributed by atoms with van der Waals surface area (Å²) in [6.07, 6.45) is 0.0201. The maximum atomic E-state index is 9.43. The van der Waals surface area contributed by atoms with Gasteiger partial charge in [0, 0.05) is 0 Å². The highest BCUT2D eigenvalue weighted by atomic mass is 16.5. The van der Waals surface area contributed by atoms with Crippen molar-refractivity contribution in [2.24, 2.45) is 0 Å². The summed E-state index contributed by atoms with van der Waals surface area (Å²) in [6.45, 7) is 11.6. The van der Waals surface area contributed by atoms with Gasteiger partial charge >= 0.3 is 0 Å². The third-order valence-electron chi connectivity index (χ3n) is 1.79. The second-order valence-corrected chi connectivity index (χ2v) is 4.17. The molecule has 0 amide bonds. The number of rotatable bonds is 8. The second kappa shape index (κ2) is 7.63. The Morgan fingerprint density at radius 2 is 1.33 bits per heavy atom. The molecule has 0 aromatic heterocycles. The molecule has 0 aromatic carbocycles. The lowest BCUT2D eigenvalue weighted by atomic mass is 10.1. The van der Waals surface area contributed by atoms with E-state index in [0.29, 0.717) is 12.8 Å². The molecule has 0 saturated carbocycles. The van der Waals surface area contributed by atoms with Crippen LogP contribution in [0.1, 0.15) is 26.7 Å². The van der Waals surface area contributed by atoms with Crippen molar-refractivity contribution in [2.75, 3.05) is 13.2 Å². The van der Waals surface area contributed by atoms with Crippen molar-refractivity contribution in [3.8, 4) is 0 Å². The molecule has 2 unspecified atom stereocenters. The monoisotopic (exact) mass is 214 g/mol. The molecule has 0 rings (SSSR count). The van der Waals surface area contributed by atoms with Gasteiger partial charge < -0.3 is 14.9 Å². The Morgan fingerprint density at radius 1 is 1.00 bits per heavy atom. The molecule has 0 radical (unpaired) electrons. The van der Waals surface area contributed by atoms with Gasteiger partial charge in [-0.3, -0.25) is 0 Å². The Hall–Kier alpha value is -0.640. The molecule has 2 N–H and O–H groups in total. The molecule has 0 bridgehead atoms. The van der Waals surface area contributed by atoms with Crippen LogP contribution in [0.15, 0.2) is 24.3 Å². The van der Waals surface area contributed by atoms with E-state index in [1.54, 1.807) is 0 Å². The van der Waals surface area contributed by atoms with Crippen molar-refractivity contribution in [2.45, 2.75) is 38.9 Å². The average molecular weight is 214 g/mol. The zero-order valence-corrected chi connectivity index (χ0v) is 9.70. The zero-order chi connectivity index (χ0) is 11.8. The molecular weight excluding hydrogens is 192 g/mol. The van der Waals surface area contributed by atoms with E-state index in [0.717, 1.165) is 11.1 Å². The minimum absolute atomic E-state index is 0.236. The van der Waals surface area contributed by atoms with Crippen molar-refractivity contribution >= 4 is 0 Å². The fourth-order valence-electron chi connectivity index (χ4n) is 1.26. The summed E-state index contributed by atoms with van der Waals surface area (Å²) >= 11 is 0. The molecule has 3 nitrogen and oxygen atoms in total. The largest absolute Gasteiger partial charge is 0.390 e. The Kier molecular flexibility index (Phi) is 7.30. The minimum Gasteiger partial charge on any atom is -0.390 e. The van der Waals surface area contributed by atoms with Crippen LogP contribution in [0.3, 0.4) is 0 Å². The third-order valence-corrected chi connectivity index (χ3v) is 1.79. The summed E-state index contributed by atoms with van der Waals surface area (Å²) in [5, 5.41) is 18.9. The van der Waals surface area contributed by atoms with Gasteiger partial charge in [0.25, 0.3) is 0 Å². The Balaban J connectivity index is 3.52. The molecule has 3 heteroatoms. The van der Waals surface area contributed by atoms with Crippen LogP contribution in [0.4, 0.5) is 0 Å². The normalized spacial score (nSPS) is 14.7. The molecule has 0 aliphatic heterocycles. The average Bonchev–Trinajstić information content (AvgIpc) is 2.00. The first-order chi connectivity index (χ1) is 6.91. The summed E-state index contributed by atoms with van der Waals surface area (Å²) in [7, 11) is 0. The van der Waals surface area contributed by atoms with E-state index >= 15 is 0 Å². The molecule has 88 valence electrons. The molecule has 0 aromatic rings. The highest BCUT2D eigenvalue weighted by Gasteiger charge is 2.08. The van der Waals surface area contributed by atoms with Crippen molar-refractivity contribution in [3.63, 3.8) is 0 Å². The summed E-state index contributed by atoms with van der Waals surface area (Å²) in [5.41, 5.74) is 1.85. The fraction of sp³-hybridized carbons (Fsp3) is 0.667. The second-order valence-electron chi connectivity index (χ2n) is 4.17. The molecular formula is C12H22O3. The van der Waals surface area contributed by atoms with Crippen molar-refractivity contribution in [3.05, 3.63) is 24.3 Å². The smallest absolute Gasteiger partial charge is 0.0810 e. The molecule has 0 saturated heterocycles. The standard InChI is InChI=1S/C12H22O3/c1-9(2)5-11(13)7-15-8-12(14)6-10(3)4/h11-14H,1,3,5-8H2,2,4H3. The van der Waals surface area contributed by atoms with Crippen LogP contribution in [0.5, 0.6) is 0 Å². The van der Waals surface area contributed by atoms with E-state index in [4.69, 9.17) is 4.74 Å². The highest BCUT2D eigenvalue weighted by molar-refractivity contribution is 4.91. The number of hydrogen-bond donors (Lipinski definition) is 2.